The minimum Gasteiger partial charge on any atom is -0.481 e. The number of pyridine rings is 1. The molecule has 3 aliphatic rings. The molecule has 30 heavy (non-hydrogen) atoms. The standard InChI is InChI=1S/C26H28FNO2/c1-26-11-10-21-20-5-2-16(3-9-25(29)30)12-17(20)4-6-22(21)24(26)8-7-23(26)18-13-19(27)15-28-14-18/h2,5,7,12-15,21-22,24H,3-4,6,8-11H2,1H3,(H,29,30)/t21-,22?,24?,26?/m1/s1. The Morgan fingerprint density at radius 1 is 1.27 bits per heavy atom. The Morgan fingerprint density at radius 3 is 2.93 bits per heavy atom. The molecule has 3 aliphatic carbocycles. The second kappa shape index (κ2) is 7.33. The van der Waals surface area contributed by atoms with Crippen molar-refractivity contribution in [2.24, 2.45) is 17.3 Å². The number of hydrogen-bond acceptors (Lipinski definition) is 2. The number of halogens is 1. The number of carboxylic acid groups (broad SMARTS) is 1. The van der Waals surface area contributed by atoms with Gasteiger partial charge < -0.3 is 5.11 Å². The van der Waals surface area contributed by atoms with Gasteiger partial charge in [0.15, 0.2) is 0 Å². The van der Waals surface area contributed by atoms with Gasteiger partial charge in [0.2, 0.25) is 0 Å². The van der Waals surface area contributed by atoms with Gasteiger partial charge >= 0.3 is 5.97 Å². The van der Waals surface area contributed by atoms with Crippen LogP contribution in [0.1, 0.15) is 67.2 Å². The van der Waals surface area contributed by atoms with E-state index in [1.54, 1.807) is 6.07 Å². The Labute approximate surface area is 177 Å². The predicted octanol–water partition coefficient (Wildman–Crippen LogP) is 5.79. The number of aliphatic carboxylic acids is 1. The molecule has 2 aromatic rings. The monoisotopic (exact) mass is 405 g/mol. The van der Waals surface area contributed by atoms with Gasteiger partial charge in [-0.25, -0.2) is 4.39 Å². The molecular weight excluding hydrogens is 377 g/mol. The lowest BCUT2D eigenvalue weighted by Crippen LogP contribution is -2.40. The molecule has 1 aromatic heterocycles. The molecule has 1 aromatic carbocycles. The minimum atomic E-state index is -0.739. The first-order chi connectivity index (χ1) is 14.5. The van der Waals surface area contributed by atoms with Crippen molar-refractivity contribution in [2.45, 2.75) is 57.8 Å². The number of carbonyl (C=O) groups is 1. The molecule has 0 aliphatic heterocycles. The Hall–Kier alpha value is -2.49. The zero-order chi connectivity index (χ0) is 20.9. The number of benzene rings is 1. The maximum atomic E-state index is 13.8. The Kier molecular flexibility index (Phi) is 4.76. The summed E-state index contributed by atoms with van der Waals surface area (Å²) in [7, 11) is 0. The molecule has 4 heteroatoms. The summed E-state index contributed by atoms with van der Waals surface area (Å²) in [5, 5.41) is 8.97. The lowest BCUT2D eigenvalue weighted by Gasteiger charge is -2.50. The summed E-state index contributed by atoms with van der Waals surface area (Å²) in [6.07, 6.45) is 11.8. The summed E-state index contributed by atoms with van der Waals surface area (Å²) >= 11 is 0. The van der Waals surface area contributed by atoms with Gasteiger partial charge in [-0.15, -0.1) is 0 Å². The SMILES string of the molecule is CC12CC[C@@H]3c4ccc(CCC(=O)O)cc4CCC3C1CC=C2c1cncc(F)c1. The van der Waals surface area contributed by atoms with E-state index in [4.69, 9.17) is 5.11 Å². The fourth-order valence-electron chi connectivity index (χ4n) is 6.62. The van der Waals surface area contributed by atoms with Crippen LogP contribution < -0.4 is 0 Å². The van der Waals surface area contributed by atoms with Crippen molar-refractivity contribution in [1.29, 1.82) is 0 Å². The largest absolute Gasteiger partial charge is 0.481 e. The summed E-state index contributed by atoms with van der Waals surface area (Å²) in [4.78, 5) is 15.0. The number of aromatic nitrogens is 1. The highest BCUT2D eigenvalue weighted by atomic mass is 19.1. The molecule has 0 amide bonds. The molecule has 1 fully saturated rings. The van der Waals surface area contributed by atoms with Crippen LogP contribution in [0.2, 0.25) is 0 Å². The maximum Gasteiger partial charge on any atom is 0.303 e. The topological polar surface area (TPSA) is 50.2 Å². The molecule has 0 radical (unpaired) electrons. The van der Waals surface area contributed by atoms with Crippen LogP contribution >= 0.6 is 0 Å². The van der Waals surface area contributed by atoms with Gasteiger partial charge in [0, 0.05) is 12.6 Å². The number of hydrogen-bond donors (Lipinski definition) is 1. The predicted molar refractivity (Wildman–Crippen MR) is 115 cm³/mol. The Morgan fingerprint density at radius 2 is 2.13 bits per heavy atom. The van der Waals surface area contributed by atoms with Gasteiger partial charge in [0.25, 0.3) is 0 Å². The second-order valence-electron chi connectivity index (χ2n) is 9.54. The van der Waals surface area contributed by atoms with E-state index >= 15 is 0 Å². The van der Waals surface area contributed by atoms with Crippen molar-refractivity contribution in [3.8, 4) is 0 Å². The van der Waals surface area contributed by atoms with E-state index in [2.05, 4.69) is 36.2 Å². The second-order valence-corrected chi connectivity index (χ2v) is 9.54. The first kappa shape index (κ1) is 19.5. The Balaban J connectivity index is 1.40. The number of carboxylic acids is 1. The van der Waals surface area contributed by atoms with E-state index in [0.717, 1.165) is 36.8 Å². The summed E-state index contributed by atoms with van der Waals surface area (Å²) in [5.74, 6) is 0.821. The van der Waals surface area contributed by atoms with Crippen LogP contribution in [0.25, 0.3) is 5.57 Å². The molecule has 5 rings (SSSR count). The summed E-state index contributed by atoms with van der Waals surface area (Å²) in [6.45, 7) is 2.38. The lowest BCUT2D eigenvalue weighted by atomic mass is 9.54. The number of aryl methyl sites for hydroxylation is 2. The van der Waals surface area contributed by atoms with E-state index in [1.807, 2.05) is 6.20 Å². The highest BCUT2D eigenvalue weighted by Gasteiger charge is 2.51. The number of fused-ring (bicyclic) bond motifs is 5. The quantitative estimate of drug-likeness (QED) is 0.701. The fourth-order valence-corrected chi connectivity index (χ4v) is 6.62. The van der Waals surface area contributed by atoms with Crippen molar-refractivity contribution in [3.05, 3.63) is 70.8 Å². The third-order valence-electron chi connectivity index (χ3n) is 8.02. The maximum absolute atomic E-state index is 13.8. The highest BCUT2D eigenvalue weighted by Crippen LogP contribution is 2.63. The summed E-state index contributed by atoms with van der Waals surface area (Å²) in [6, 6.07) is 8.28. The fraction of sp³-hybridized carbons (Fsp3) is 0.462. The molecule has 4 atom stereocenters. The third-order valence-corrected chi connectivity index (χ3v) is 8.02. The number of rotatable bonds is 4. The van der Waals surface area contributed by atoms with E-state index < -0.39 is 5.97 Å². The van der Waals surface area contributed by atoms with Crippen LogP contribution in [0.3, 0.4) is 0 Å². The van der Waals surface area contributed by atoms with E-state index in [1.165, 1.54) is 29.3 Å². The lowest BCUT2D eigenvalue weighted by molar-refractivity contribution is -0.136. The van der Waals surface area contributed by atoms with Gasteiger partial charge in [-0.05, 0) is 95.6 Å². The van der Waals surface area contributed by atoms with E-state index in [9.17, 15) is 9.18 Å². The normalized spacial score (nSPS) is 29.5. The van der Waals surface area contributed by atoms with Gasteiger partial charge in [-0.3, -0.25) is 9.78 Å². The van der Waals surface area contributed by atoms with Gasteiger partial charge in [0.05, 0.1) is 6.20 Å². The summed E-state index contributed by atoms with van der Waals surface area (Å²) < 4.78 is 13.8. The summed E-state index contributed by atoms with van der Waals surface area (Å²) in [5.41, 5.74) is 6.36. The molecule has 0 bridgehead atoms. The highest BCUT2D eigenvalue weighted by molar-refractivity contribution is 5.72. The van der Waals surface area contributed by atoms with E-state index in [0.29, 0.717) is 24.2 Å². The van der Waals surface area contributed by atoms with Crippen molar-refractivity contribution in [3.63, 3.8) is 0 Å². The van der Waals surface area contributed by atoms with Gasteiger partial charge in [0.1, 0.15) is 5.82 Å². The molecule has 0 saturated heterocycles. The molecule has 3 unspecified atom stereocenters. The van der Waals surface area contributed by atoms with Crippen molar-refractivity contribution >= 4 is 11.5 Å². The van der Waals surface area contributed by atoms with E-state index in [-0.39, 0.29) is 17.7 Å². The Bertz CT molecular complexity index is 1030. The third kappa shape index (κ3) is 3.17. The number of nitrogens with zero attached hydrogens (tertiary/aromatic N) is 1. The molecule has 1 N–H and O–H groups in total. The van der Waals surface area contributed by atoms with Crippen LogP contribution in [0.15, 0.2) is 42.7 Å². The molecule has 156 valence electrons. The average molecular weight is 406 g/mol. The molecule has 0 spiro atoms. The van der Waals surface area contributed by atoms with Gasteiger partial charge in [-0.1, -0.05) is 31.2 Å². The van der Waals surface area contributed by atoms with Crippen molar-refractivity contribution in [1.82, 2.24) is 4.98 Å². The van der Waals surface area contributed by atoms with Crippen LogP contribution in [0.4, 0.5) is 4.39 Å². The van der Waals surface area contributed by atoms with Crippen LogP contribution in [0.5, 0.6) is 0 Å². The van der Waals surface area contributed by atoms with Crippen LogP contribution in [0, 0.1) is 23.1 Å². The minimum absolute atomic E-state index is 0.0928. The molecule has 1 heterocycles. The molecular formula is C26H28FNO2. The van der Waals surface area contributed by atoms with Crippen LogP contribution in [-0.2, 0) is 17.6 Å². The molecule has 3 nitrogen and oxygen atoms in total. The first-order valence-corrected chi connectivity index (χ1v) is 11.1. The average Bonchev–Trinajstić information content (AvgIpc) is 3.09. The zero-order valence-electron chi connectivity index (χ0n) is 17.4. The molecule has 1 saturated carbocycles. The van der Waals surface area contributed by atoms with Crippen molar-refractivity contribution < 1.29 is 14.3 Å². The first-order valence-electron chi connectivity index (χ1n) is 11.1. The number of allylic oxidation sites excluding steroid dienone is 2. The van der Waals surface area contributed by atoms with Gasteiger partial charge in [-0.2, -0.15) is 0 Å². The smallest absolute Gasteiger partial charge is 0.303 e. The van der Waals surface area contributed by atoms with Crippen LogP contribution in [-0.4, -0.2) is 16.1 Å². The van der Waals surface area contributed by atoms with Crippen molar-refractivity contribution in [2.75, 3.05) is 0 Å². The zero-order valence-corrected chi connectivity index (χ0v) is 17.4.